The van der Waals surface area contributed by atoms with Crippen LogP contribution in [0.15, 0.2) is 30.3 Å². The Morgan fingerprint density at radius 1 is 1.35 bits per heavy atom. The van der Waals surface area contributed by atoms with E-state index in [2.05, 4.69) is 15.5 Å². The Morgan fingerprint density at radius 3 is 2.80 bits per heavy atom. The second kappa shape index (κ2) is 7.99. The van der Waals surface area contributed by atoms with Gasteiger partial charge in [-0.2, -0.15) is 5.48 Å². The van der Waals surface area contributed by atoms with E-state index in [1.807, 2.05) is 30.3 Å². The number of esters is 1. The standard InChI is InChI=1S/C15H22N2O3/c1-19-15(18)9-13-7-8-14(10-16-13)17-20-11-12-5-3-2-4-6-12/h2-6,13-14,16-17H,7-11H2,1H3/t13-,14+/m0/s1. The molecule has 0 aromatic heterocycles. The summed E-state index contributed by atoms with van der Waals surface area (Å²) in [5, 5.41) is 3.34. The van der Waals surface area contributed by atoms with Crippen LogP contribution >= 0.6 is 0 Å². The lowest BCUT2D eigenvalue weighted by molar-refractivity contribution is -0.141. The largest absolute Gasteiger partial charge is 0.469 e. The lowest BCUT2D eigenvalue weighted by Crippen LogP contribution is -2.48. The topological polar surface area (TPSA) is 59.6 Å². The van der Waals surface area contributed by atoms with E-state index in [4.69, 9.17) is 4.84 Å². The summed E-state index contributed by atoms with van der Waals surface area (Å²) < 4.78 is 4.67. The van der Waals surface area contributed by atoms with Crippen LogP contribution in [0.25, 0.3) is 0 Å². The summed E-state index contributed by atoms with van der Waals surface area (Å²) in [4.78, 5) is 16.7. The Bertz CT molecular complexity index is 403. The molecular weight excluding hydrogens is 256 g/mol. The molecule has 1 fully saturated rings. The van der Waals surface area contributed by atoms with E-state index in [0.29, 0.717) is 13.0 Å². The Kier molecular flexibility index (Phi) is 5.98. The van der Waals surface area contributed by atoms with Crippen LogP contribution in [-0.2, 0) is 21.0 Å². The molecule has 5 nitrogen and oxygen atoms in total. The van der Waals surface area contributed by atoms with Crippen molar-refractivity contribution in [3.63, 3.8) is 0 Å². The molecule has 0 unspecified atom stereocenters. The molecule has 0 bridgehead atoms. The molecule has 0 saturated carbocycles. The highest BCUT2D eigenvalue weighted by molar-refractivity contribution is 5.69. The molecule has 1 aliphatic rings. The van der Waals surface area contributed by atoms with Crippen LogP contribution in [0.5, 0.6) is 0 Å². The minimum Gasteiger partial charge on any atom is -0.469 e. The van der Waals surface area contributed by atoms with Gasteiger partial charge in [0, 0.05) is 18.6 Å². The van der Waals surface area contributed by atoms with Gasteiger partial charge in [0.1, 0.15) is 0 Å². The number of nitrogens with one attached hydrogen (secondary N) is 2. The second-order valence-electron chi connectivity index (χ2n) is 5.05. The van der Waals surface area contributed by atoms with Crippen LogP contribution < -0.4 is 10.8 Å². The van der Waals surface area contributed by atoms with Crippen LogP contribution in [-0.4, -0.2) is 31.7 Å². The summed E-state index contributed by atoms with van der Waals surface area (Å²) in [5.74, 6) is -0.158. The zero-order chi connectivity index (χ0) is 14.2. The first-order valence-electron chi connectivity index (χ1n) is 6.99. The Morgan fingerprint density at radius 2 is 2.15 bits per heavy atom. The van der Waals surface area contributed by atoms with E-state index >= 15 is 0 Å². The number of carbonyl (C=O) groups excluding carboxylic acids is 1. The van der Waals surface area contributed by atoms with Gasteiger partial charge in [-0.25, -0.2) is 0 Å². The fourth-order valence-electron chi connectivity index (χ4n) is 2.29. The molecule has 0 aliphatic carbocycles. The first kappa shape index (κ1) is 15.0. The van der Waals surface area contributed by atoms with Gasteiger partial charge in [0.15, 0.2) is 0 Å². The van der Waals surface area contributed by atoms with Gasteiger partial charge in [-0.3, -0.25) is 9.63 Å². The zero-order valence-corrected chi connectivity index (χ0v) is 11.8. The molecule has 0 spiro atoms. The van der Waals surface area contributed by atoms with Gasteiger partial charge >= 0.3 is 5.97 Å². The molecule has 0 amide bonds. The number of hydrogen-bond donors (Lipinski definition) is 2. The molecule has 110 valence electrons. The number of hydrogen-bond acceptors (Lipinski definition) is 5. The van der Waals surface area contributed by atoms with Gasteiger partial charge in [-0.1, -0.05) is 30.3 Å². The minimum atomic E-state index is -0.158. The van der Waals surface area contributed by atoms with Crippen molar-refractivity contribution < 1.29 is 14.4 Å². The summed E-state index contributed by atoms with van der Waals surface area (Å²) in [6.07, 6.45) is 2.37. The van der Waals surface area contributed by atoms with Crippen LogP contribution in [0.4, 0.5) is 0 Å². The second-order valence-corrected chi connectivity index (χ2v) is 5.05. The molecule has 1 aromatic carbocycles. The average Bonchev–Trinajstić information content (AvgIpc) is 2.50. The predicted octanol–water partition coefficient (Wildman–Crippen LogP) is 1.39. The summed E-state index contributed by atoms with van der Waals surface area (Å²) in [6.45, 7) is 1.36. The van der Waals surface area contributed by atoms with Crippen LogP contribution in [0.3, 0.4) is 0 Å². The van der Waals surface area contributed by atoms with Crippen molar-refractivity contribution in [2.24, 2.45) is 0 Å². The highest BCUT2D eigenvalue weighted by Crippen LogP contribution is 2.12. The lowest BCUT2D eigenvalue weighted by atomic mass is 9.99. The fourth-order valence-corrected chi connectivity index (χ4v) is 2.29. The van der Waals surface area contributed by atoms with E-state index in [0.717, 1.165) is 24.9 Å². The fraction of sp³-hybridized carbons (Fsp3) is 0.533. The Hall–Kier alpha value is -1.43. The Labute approximate surface area is 119 Å². The summed E-state index contributed by atoms with van der Waals surface area (Å²) in [7, 11) is 1.42. The summed E-state index contributed by atoms with van der Waals surface area (Å²) >= 11 is 0. The highest BCUT2D eigenvalue weighted by Gasteiger charge is 2.22. The van der Waals surface area contributed by atoms with Gasteiger partial charge in [0.05, 0.1) is 20.1 Å². The molecule has 2 rings (SSSR count). The minimum absolute atomic E-state index is 0.158. The molecule has 2 atom stereocenters. The number of hydroxylamine groups is 1. The van der Waals surface area contributed by atoms with Gasteiger partial charge in [-0.05, 0) is 18.4 Å². The molecular formula is C15H22N2O3. The van der Waals surface area contributed by atoms with Gasteiger partial charge < -0.3 is 10.1 Å². The third-order valence-corrected chi connectivity index (χ3v) is 3.49. The quantitative estimate of drug-likeness (QED) is 0.608. The summed E-state index contributed by atoms with van der Waals surface area (Å²) in [5.41, 5.74) is 4.22. The average molecular weight is 278 g/mol. The van der Waals surface area contributed by atoms with Crippen LogP contribution in [0.1, 0.15) is 24.8 Å². The lowest BCUT2D eigenvalue weighted by Gasteiger charge is -2.29. The molecule has 2 N–H and O–H groups in total. The number of methoxy groups -OCH3 is 1. The third-order valence-electron chi connectivity index (χ3n) is 3.49. The van der Waals surface area contributed by atoms with Crippen molar-refractivity contribution in [2.75, 3.05) is 13.7 Å². The van der Waals surface area contributed by atoms with E-state index in [1.54, 1.807) is 0 Å². The SMILES string of the molecule is COC(=O)C[C@@H]1CC[C@@H](NOCc2ccccc2)CN1. The number of carbonyl (C=O) groups is 1. The predicted molar refractivity (Wildman–Crippen MR) is 75.8 cm³/mol. The van der Waals surface area contributed by atoms with Crippen LogP contribution in [0.2, 0.25) is 0 Å². The summed E-state index contributed by atoms with van der Waals surface area (Å²) in [6, 6.07) is 10.6. The Balaban J connectivity index is 1.61. The zero-order valence-electron chi connectivity index (χ0n) is 11.8. The molecule has 1 saturated heterocycles. The van der Waals surface area contributed by atoms with Crippen molar-refractivity contribution >= 4 is 5.97 Å². The van der Waals surface area contributed by atoms with Crippen molar-refractivity contribution in [1.29, 1.82) is 0 Å². The van der Waals surface area contributed by atoms with Crippen molar-refractivity contribution in [3.05, 3.63) is 35.9 Å². The number of ether oxygens (including phenoxy) is 1. The van der Waals surface area contributed by atoms with E-state index in [9.17, 15) is 4.79 Å². The van der Waals surface area contributed by atoms with Crippen molar-refractivity contribution in [1.82, 2.24) is 10.8 Å². The molecule has 1 heterocycles. The van der Waals surface area contributed by atoms with Gasteiger partial charge in [0.25, 0.3) is 0 Å². The third kappa shape index (κ3) is 4.92. The van der Waals surface area contributed by atoms with Crippen molar-refractivity contribution in [2.45, 2.75) is 38.0 Å². The maximum atomic E-state index is 11.2. The highest BCUT2D eigenvalue weighted by atomic mass is 16.6. The first-order valence-corrected chi connectivity index (χ1v) is 6.99. The van der Waals surface area contributed by atoms with E-state index in [-0.39, 0.29) is 18.1 Å². The molecule has 5 heteroatoms. The first-order chi connectivity index (χ1) is 9.78. The van der Waals surface area contributed by atoms with Gasteiger partial charge in [0.2, 0.25) is 0 Å². The molecule has 1 aliphatic heterocycles. The maximum absolute atomic E-state index is 11.2. The molecule has 0 radical (unpaired) electrons. The maximum Gasteiger partial charge on any atom is 0.307 e. The normalized spacial score (nSPS) is 22.4. The van der Waals surface area contributed by atoms with Crippen LogP contribution in [0, 0.1) is 0 Å². The molecule has 1 aromatic rings. The number of piperidine rings is 1. The van der Waals surface area contributed by atoms with E-state index in [1.165, 1.54) is 7.11 Å². The molecule has 20 heavy (non-hydrogen) atoms. The van der Waals surface area contributed by atoms with Crippen molar-refractivity contribution in [3.8, 4) is 0 Å². The van der Waals surface area contributed by atoms with Gasteiger partial charge in [-0.15, -0.1) is 0 Å². The smallest absolute Gasteiger partial charge is 0.307 e. The van der Waals surface area contributed by atoms with E-state index < -0.39 is 0 Å². The number of benzene rings is 1. The monoisotopic (exact) mass is 278 g/mol. The number of rotatable bonds is 6.